The van der Waals surface area contributed by atoms with Crippen LogP contribution in [-0.4, -0.2) is 72.4 Å². The Hall–Kier alpha value is -3.04. The van der Waals surface area contributed by atoms with E-state index in [1.54, 1.807) is 11.9 Å². The SMILES string of the molecule is C=C.CC(CC1CCNC1=O)NC=O.CCN(C)C(=O)C(O)(c1ccccc1)C1CCCC1.O=CCO. The molecule has 1 saturated heterocycles. The van der Waals surface area contributed by atoms with Crippen molar-refractivity contribution < 1.29 is 29.4 Å². The highest BCUT2D eigenvalue weighted by molar-refractivity contribution is 5.86. The van der Waals surface area contributed by atoms with Crippen LogP contribution in [0, 0.1) is 11.8 Å². The van der Waals surface area contributed by atoms with Crippen LogP contribution in [0.15, 0.2) is 43.5 Å². The van der Waals surface area contributed by atoms with Crippen LogP contribution in [-0.2, 0) is 24.8 Å². The van der Waals surface area contributed by atoms with Gasteiger partial charge in [-0.2, -0.15) is 0 Å². The van der Waals surface area contributed by atoms with Gasteiger partial charge in [0.15, 0.2) is 5.60 Å². The first-order chi connectivity index (χ1) is 17.8. The largest absolute Gasteiger partial charge is 0.389 e. The predicted octanol–water partition coefficient (Wildman–Crippen LogP) is 2.17. The van der Waals surface area contributed by atoms with Crippen molar-refractivity contribution in [1.82, 2.24) is 15.5 Å². The van der Waals surface area contributed by atoms with Crippen molar-refractivity contribution in [3.8, 4) is 0 Å². The summed E-state index contributed by atoms with van der Waals surface area (Å²) >= 11 is 0. The number of carbonyl (C=O) groups is 4. The van der Waals surface area contributed by atoms with Gasteiger partial charge in [-0.05, 0) is 45.1 Å². The minimum absolute atomic E-state index is 0.0383. The molecular formula is C28H45N3O6. The van der Waals surface area contributed by atoms with Gasteiger partial charge >= 0.3 is 0 Å². The summed E-state index contributed by atoms with van der Waals surface area (Å²) in [5.74, 6) is 0.0755. The summed E-state index contributed by atoms with van der Waals surface area (Å²) in [5, 5.41) is 24.1. The van der Waals surface area contributed by atoms with Crippen molar-refractivity contribution in [1.29, 1.82) is 0 Å². The number of hydrogen-bond donors (Lipinski definition) is 4. The standard InChI is InChI=1S/C16H23NO2.C8H14N2O2.C2H4O2.C2H4/c1-3-17(2)15(18)16(19,14-11-7-8-12-14)13-9-5-4-6-10-13;1-6(10-5-11)4-7-2-3-9-8(7)12;3-1-2-4;1-2/h4-6,9-10,14,19H,3,7-8,11-12H2,1-2H3;5-7H,2-4H2,1H3,(H,9,12)(H,10,11);1,4H,2H2;1-2H2. The molecule has 0 spiro atoms. The smallest absolute Gasteiger partial charge is 0.259 e. The van der Waals surface area contributed by atoms with E-state index < -0.39 is 5.60 Å². The molecule has 1 aromatic carbocycles. The first-order valence-electron chi connectivity index (χ1n) is 12.8. The van der Waals surface area contributed by atoms with Crippen LogP contribution in [0.3, 0.4) is 0 Å². The second kappa shape index (κ2) is 19.1. The van der Waals surface area contributed by atoms with Crippen LogP contribution in [0.4, 0.5) is 0 Å². The second-order valence-corrected chi connectivity index (χ2v) is 8.98. The third kappa shape index (κ3) is 10.9. The van der Waals surface area contributed by atoms with Crippen molar-refractivity contribution in [3.63, 3.8) is 0 Å². The highest BCUT2D eigenvalue weighted by atomic mass is 16.3. The van der Waals surface area contributed by atoms with Gasteiger partial charge in [0.2, 0.25) is 12.3 Å². The Labute approximate surface area is 221 Å². The minimum Gasteiger partial charge on any atom is -0.389 e. The van der Waals surface area contributed by atoms with Crippen LogP contribution >= 0.6 is 0 Å². The van der Waals surface area contributed by atoms with Crippen molar-refractivity contribution in [2.24, 2.45) is 11.8 Å². The van der Waals surface area contributed by atoms with E-state index in [9.17, 15) is 19.5 Å². The van der Waals surface area contributed by atoms with E-state index in [1.807, 2.05) is 44.2 Å². The van der Waals surface area contributed by atoms with E-state index in [-0.39, 0.29) is 36.3 Å². The number of hydrogen-bond acceptors (Lipinski definition) is 6. The van der Waals surface area contributed by atoms with Gasteiger partial charge in [0.25, 0.3) is 5.91 Å². The summed E-state index contributed by atoms with van der Waals surface area (Å²) in [4.78, 5) is 44.3. The molecule has 1 saturated carbocycles. The summed E-state index contributed by atoms with van der Waals surface area (Å²) in [6, 6.07) is 9.49. The number of nitrogens with one attached hydrogen (secondary N) is 2. The number of aliphatic hydroxyl groups is 2. The number of likely N-dealkylation sites (N-methyl/N-ethyl adjacent to an activating group) is 1. The normalized spacial score (nSPS) is 18.6. The zero-order chi connectivity index (χ0) is 28.3. The molecule has 1 aromatic rings. The second-order valence-electron chi connectivity index (χ2n) is 8.98. The van der Waals surface area contributed by atoms with Gasteiger partial charge in [0.1, 0.15) is 6.29 Å². The molecule has 1 heterocycles. The van der Waals surface area contributed by atoms with E-state index >= 15 is 0 Å². The lowest BCUT2D eigenvalue weighted by molar-refractivity contribution is -0.157. The Kier molecular flexibility index (Phi) is 17.6. The highest BCUT2D eigenvalue weighted by Gasteiger charge is 2.47. The lowest BCUT2D eigenvalue weighted by atomic mass is 9.79. The van der Waals surface area contributed by atoms with Crippen LogP contribution < -0.4 is 10.6 Å². The fraction of sp³-hybridized carbons (Fsp3) is 0.571. The van der Waals surface area contributed by atoms with E-state index in [4.69, 9.17) is 9.90 Å². The Morgan fingerprint density at radius 3 is 2.22 bits per heavy atom. The number of carbonyl (C=O) groups excluding carboxylic acids is 4. The van der Waals surface area contributed by atoms with Gasteiger partial charge in [0.05, 0.1) is 6.61 Å². The Morgan fingerprint density at radius 1 is 1.22 bits per heavy atom. The Balaban J connectivity index is 0.000000616. The Bertz CT molecular complexity index is 800. The van der Waals surface area contributed by atoms with Crippen molar-refractivity contribution in [2.45, 2.75) is 64.0 Å². The number of rotatable bonds is 9. The van der Waals surface area contributed by atoms with Gasteiger partial charge in [-0.25, -0.2) is 0 Å². The van der Waals surface area contributed by atoms with Gasteiger partial charge in [-0.15, -0.1) is 13.2 Å². The first-order valence-corrected chi connectivity index (χ1v) is 12.8. The molecule has 9 nitrogen and oxygen atoms in total. The molecule has 1 aliphatic heterocycles. The molecule has 0 bridgehead atoms. The maximum atomic E-state index is 12.7. The average Bonchev–Trinajstić information content (AvgIpc) is 3.62. The topological polar surface area (TPSA) is 136 Å². The predicted molar refractivity (Wildman–Crippen MR) is 144 cm³/mol. The summed E-state index contributed by atoms with van der Waals surface area (Å²) in [6.45, 7) is 10.9. The number of amides is 3. The lowest BCUT2D eigenvalue weighted by Crippen LogP contribution is -2.49. The molecular weight excluding hydrogens is 474 g/mol. The van der Waals surface area contributed by atoms with Gasteiger partial charge in [-0.3, -0.25) is 14.4 Å². The average molecular weight is 520 g/mol. The molecule has 208 valence electrons. The monoisotopic (exact) mass is 519 g/mol. The minimum atomic E-state index is -1.36. The maximum absolute atomic E-state index is 12.7. The fourth-order valence-corrected chi connectivity index (χ4v) is 4.49. The molecule has 0 aromatic heterocycles. The molecule has 3 rings (SSSR count). The molecule has 1 aliphatic carbocycles. The number of benzene rings is 1. The van der Waals surface area contributed by atoms with Gasteiger partial charge < -0.3 is 30.5 Å². The van der Waals surface area contributed by atoms with Crippen molar-refractivity contribution in [3.05, 3.63) is 49.1 Å². The molecule has 3 atom stereocenters. The van der Waals surface area contributed by atoms with E-state index in [1.165, 1.54) is 0 Å². The zero-order valence-electron chi connectivity index (χ0n) is 22.5. The third-order valence-electron chi connectivity index (χ3n) is 6.53. The van der Waals surface area contributed by atoms with Gasteiger partial charge in [0, 0.05) is 38.0 Å². The van der Waals surface area contributed by atoms with E-state index in [0.717, 1.165) is 50.6 Å². The summed E-state index contributed by atoms with van der Waals surface area (Å²) in [6.07, 6.45) is 6.79. The van der Waals surface area contributed by atoms with Crippen molar-refractivity contribution in [2.75, 3.05) is 26.7 Å². The number of nitrogens with zero attached hydrogens (tertiary/aromatic N) is 1. The highest BCUT2D eigenvalue weighted by Crippen LogP contribution is 2.41. The van der Waals surface area contributed by atoms with Gasteiger partial charge in [-0.1, -0.05) is 43.2 Å². The first kappa shape index (κ1) is 34.0. The van der Waals surface area contributed by atoms with Crippen LogP contribution in [0.25, 0.3) is 0 Å². The molecule has 3 amide bonds. The van der Waals surface area contributed by atoms with E-state index in [0.29, 0.717) is 19.2 Å². The molecule has 3 unspecified atom stereocenters. The quantitative estimate of drug-likeness (QED) is 0.292. The molecule has 4 N–H and O–H groups in total. The summed E-state index contributed by atoms with van der Waals surface area (Å²) in [7, 11) is 1.76. The van der Waals surface area contributed by atoms with Crippen molar-refractivity contribution >= 4 is 24.5 Å². The fourth-order valence-electron chi connectivity index (χ4n) is 4.49. The summed E-state index contributed by atoms with van der Waals surface area (Å²) < 4.78 is 0. The number of aldehydes is 1. The maximum Gasteiger partial charge on any atom is 0.259 e. The molecule has 9 heteroatoms. The van der Waals surface area contributed by atoms with Crippen LogP contribution in [0.2, 0.25) is 0 Å². The zero-order valence-corrected chi connectivity index (χ0v) is 22.5. The van der Waals surface area contributed by atoms with E-state index in [2.05, 4.69) is 23.8 Å². The molecule has 37 heavy (non-hydrogen) atoms. The lowest BCUT2D eigenvalue weighted by Gasteiger charge is -2.36. The molecule has 2 aliphatic rings. The third-order valence-corrected chi connectivity index (χ3v) is 6.53. The number of aliphatic hydroxyl groups excluding tert-OH is 1. The Morgan fingerprint density at radius 2 is 1.78 bits per heavy atom. The molecule has 0 radical (unpaired) electrons. The van der Waals surface area contributed by atoms with Crippen LogP contribution in [0.1, 0.15) is 57.9 Å². The molecule has 2 fully saturated rings. The summed E-state index contributed by atoms with van der Waals surface area (Å²) in [5.41, 5.74) is -0.630. The van der Waals surface area contributed by atoms with Crippen LogP contribution in [0.5, 0.6) is 0 Å².